The van der Waals surface area contributed by atoms with Gasteiger partial charge in [0.05, 0.1) is 17.0 Å². The van der Waals surface area contributed by atoms with E-state index in [-0.39, 0.29) is 17.2 Å². The Morgan fingerprint density at radius 3 is 2.76 bits per heavy atom. The van der Waals surface area contributed by atoms with Gasteiger partial charge in [-0.25, -0.2) is 4.98 Å². The third-order valence-corrected chi connectivity index (χ3v) is 7.03. The molecule has 3 heterocycles. The van der Waals surface area contributed by atoms with Gasteiger partial charge in [-0.2, -0.15) is 0 Å². The maximum absolute atomic E-state index is 13.3. The molecule has 2 aromatic carbocycles. The third kappa shape index (κ3) is 4.34. The molecule has 7 nitrogen and oxygen atoms in total. The quantitative estimate of drug-likeness (QED) is 0.334. The summed E-state index contributed by atoms with van der Waals surface area (Å²) in [5, 5.41) is 5.22. The molecule has 2 aromatic heterocycles. The second kappa shape index (κ2) is 8.92. The Labute approximate surface area is 198 Å². The molecule has 1 N–H and O–H groups in total. The van der Waals surface area contributed by atoms with E-state index in [2.05, 4.69) is 5.32 Å². The Kier molecular flexibility index (Phi) is 5.82. The molecule has 33 heavy (non-hydrogen) atoms. The van der Waals surface area contributed by atoms with Crippen molar-refractivity contribution in [3.05, 3.63) is 69.3 Å². The summed E-state index contributed by atoms with van der Waals surface area (Å²) >= 11 is 2.60. The van der Waals surface area contributed by atoms with Crippen LogP contribution in [0.4, 0.5) is 5.69 Å². The van der Waals surface area contributed by atoms with Gasteiger partial charge in [0.2, 0.25) is 5.91 Å². The molecule has 1 aliphatic heterocycles. The monoisotopic (exact) mass is 479 g/mol. The number of carbonyl (C=O) groups is 1. The normalized spacial score (nSPS) is 12.7. The number of aryl methyl sites for hydroxylation is 2. The van der Waals surface area contributed by atoms with Crippen LogP contribution in [-0.4, -0.2) is 34.4 Å². The number of ether oxygens (including phenoxy) is 2. The van der Waals surface area contributed by atoms with Crippen molar-refractivity contribution in [3.8, 4) is 17.2 Å². The van der Waals surface area contributed by atoms with Crippen LogP contribution in [0.5, 0.6) is 11.5 Å². The second-order valence-electron chi connectivity index (χ2n) is 7.66. The minimum Gasteiger partial charge on any atom is -0.486 e. The molecule has 0 spiro atoms. The van der Waals surface area contributed by atoms with E-state index < -0.39 is 0 Å². The summed E-state index contributed by atoms with van der Waals surface area (Å²) in [6.45, 7) is 4.97. The fourth-order valence-corrected chi connectivity index (χ4v) is 5.27. The Morgan fingerprint density at radius 2 is 1.94 bits per heavy atom. The molecule has 0 radical (unpaired) electrons. The predicted molar refractivity (Wildman–Crippen MR) is 131 cm³/mol. The average Bonchev–Trinajstić information content (AvgIpc) is 3.27. The molecule has 1 amide bonds. The lowest BCUT2D eigenvalue weighted by molar-refractivity contribution is -0.113. The van der Waals surface area contributed by atoms with Crippen LogP contribution in [0.1, 0.15) is 11.1 Å². The molecular weight excluding hydrogens is 458 g/mol. The van der Waals surface area contributed by atoms with E-state index in [1.165, 1.54) is 23.1 Å². The molecule has 0 bridgehead atoms. The molecule has 1 aliphatic rings. The summed E-state index contributed by atoms with van der Waals surface area (Å²) in [7, 11) is 0. The van der Waals surface area contributed by atoms with Crippen LogP contribution in [0, 0.1) is 13.8 Å². The average molecular weight is 480 g/mol. The lowest BCUT2D eigenvalue weighted by atomic mass is 10.1. The van der Waals surface area contributed by atoms with Crippen molar-refractivity contribution in [2.75, 3.05) is 24.3 Å². The summed E-state index contributed by atoms with van der Waals surface area (Å²) in [5.74, 6) is 1.17. The largest absolute Gasteiger partial charge is 0.486 e. The van der Waals surface area contributed by atoms with Gasteiger partial charge in [0, 0.05) is 11.8 Å². The molecule has 4 aromatic rings. The number of nitrogens with zero attached hydrogens (tertiary/aromatic N) is 2. The first-order valence-electron chi connectivity index (χ1n) is 10.4. The van der Waals surface area contributed by atoms with Gasteiger partial charge in [-0.3, -0.25) is 14.2 Å². The van der Waals surface area contributed by atoms with Crippen molar-refractivity contribution < 1.29 is 14.3 Å². The number of thiophene rings is 1. The van der Waals surface area contributed by atoms with Crippen LogP contribution in [0.2, 0.25) is 0 Å². The fourth-order valence-electron chi connectivity index (χ4n) is 3.71. The SMILES string of the molecule is Cc1ccc(-n2c(SCC(=O)Nc3ccc4c(c3)OCCO4)nc3ccsc3c2=O)c(C)c1. The van der Waals surface area contributed by atoms with Gasteiger partial charge in [0.15, 0.2) is 16.7 Å². The number of rotatable bonds is 5. The summed E-state index contributed by atoms with van der Waals surface area (Å²) in [5.41, 5.74) is 3.98. The third-order valence-electron chi connectivity index (χ3n) is 5.20. The number of hydrogen-bond acceptors (Lipinski definition) is 7. The molecular formula is C24H21N3O4S2. The van der Waals surface area contributed by atoms with Gasteiger partial charge in [0.1, 0.15) is 17.9 Å². The van der Waals surface area contributed by atoms with Gasteiger partial charge in [-0.15, -0.1) is 11.3 Å². The molecule has 168 valence electrons. The van der Waals surface area contributed by atoms with Crippen LogP contribution < -0.4 is 20.3 Å². The number of carbonyl (C=O) groups excluding carboxylic acids is 1. The van der Waals surface area contributed by atoms with Crippen molar-refractivity contribution >= 4 is 44.9 Å². The number of nitrogens with one attached hydrogen (secondary N) is 1. The van der Waals surface area contributed by atoms with E-state index in [1.54, 1.807) is 22.8 Å². The fraction of sp³-hybridized carbons (Fsp3) is 0.208. The number of hydrogen-bond donors (Lipinski definition) is 1. The van der Waals surface area contributed by atoms with E-state index in [9.17, 15) is 9.59 Å². The lowest BCUT2D eigenvalue weighted by Crippen LogP contribution is -2.23. The molecule has 5 rings (SSSR count). The van der Waals surface area contributed by atoms with Crippen molar-refractivity contribution in [2.24, 2.45) is 0 Å². The van der Waals surface area contributed by atoms with Crippen LogP contribution in [0.3, 0.4) is 0 Å². The van der Waals surface area contributed by atoms with E-state index in [4.69, 9.17) is 14.5 Å². The van der Waals surface area contributed by atoms with Gasteiger partial charge >= 0.3 is 0 Å². The molecule has 0 aliphatic carbocycles. The van der Waals surface area contributed by atoms with E-state index >= 15 is 0 Å². The molecule has 0 atom stereocenters. The van der Waals surface area contributed by atoms with E-state index in [1.807, 2.05) is 43.5 Å². The summed E-state index contributed by atoms with van der Waals surface area (Å²) in [6, 6.07) is 13.1. The highest BCUT2D eigenvalue weighted by molar-refractivity contribution is 7.99. The van der Waals surface area contributed by atoms with Crippen molar-refractivity contribution in [1.29, 1.82) is 0 Å². The van der Waals surface area contributed by atoms with E-state index in [0.29, 0.717) is 45.8 Å². The van der Waals surface area contributed by atoms with Gasteiger partial charge < -0.3 is 14.8 Å². The highest BCUT2D eigenvalue weighted by Crippen LogP contribution is 2.33. The Balaban J connectivity index is 1.41. The maximum atomic E-state index is 13.3. The molecule has 9 heteroatoms. The number of amides is 1. The summed E-state index contributed by atoms with van der Waals surface area (Å²) in [4.78, 5) is 30.7. The zero-order valence-corrected chi connectivity index (χ0v) is 19.7. The first-order chi connectivity index (χ1) is 16.0. The smallest absolute Gasteiger partial charge is 0.276 e. The number of thioether (sulfide) groups is 1. The minimum absolute atomic E-state index is 0.0986. The Bertz CT molecular complexity index is 1430. The second-order valence-corrected chi connectivity index (χ2v) is 9.51. The molecule has 0 saturated heterocycles. The number of benzene rings is 2. The minimum atomic E-state index is -0.205. The van der Waals surface area contributed by atoms with Crippen LogP contribution in [-0.2, 0) is 4.79 Å². The van der Waals surface area contributed by atoms with Crippen molar-refractivity contribution in [1.82, 2.24) is 9.55 Å². The van der Waals surface area contributed by atoms with Crippen LogP contribution in [0.15, 0.2) is 57.8 Å². The number of anilines is 1. The number of aromatic nitrogens is 2. The molecule has 0 unspecified atom stereocenters. The summed E-state index contributed by atoms with van der Waals surface area (Å²) in [6.07, 6.45) is 0. The van der Waals surface area contributed by atoms with Crippen LogP contribution >= 0.6 is 23.1 Å². The topological polar surface area (TPSA) is 82.5 Å². The Hall–Kier alpha value is -3.30. The van der Waals surface area contributed by atoms with Gasteiger partial charge in [-0.1, -0.05) is 29.5 Å². The van der Waals surface area contributed by atoms with E-state index in [0.717, 1.165) is 16.8 Å². The lowest BCUT2D eigenvalue weighted by Gasteiger charge is -2.19. The highest BCUT2D eigenvalue weighted by atomic mass is 32.2. The molecule has 0 saturated carbocycles. The van der Waals surface area contributed by atoms with Crippen molar-refractivity contribution in [3.63, 3.8) is 0 Å². The first-order valence-corrected chi connectivity index (χ1v) is 12.3. The van der Waals surface area contributed by atoms with Gasteiger partial charge in [0.25, 0.3) is 5.56 Å². The maximum Gasteiger partial charge on any atom is 0.276 e. The predicted octanol–water partition coefficient (Wildman–Crippen LogP) is 4.57. The Morgan fingerprint density at radius 1 is 1.12 bits per heavy atom. The summed E-state index contributed by atoms with van der Waals surface area (Å²) < 4.78 is 13.3. The van der Waals surface area contributed by atoms with Crippen LogP contribution in [0.25, 0.3) is 15.9 Å². The van der Waals surface area contributed by atoms with Gasteiger partial charge in [-0.05, 0) is 49.1 Å². The molecule has 0 fully saturated rings. The van der Waals surface area contributed by atoms with Crippen molar-refractivity contribution in [2.45, 2.75) is 19.0 Å². The first kappa shape index (κ1) is 21.5. The highest BCUT2D eigenvalue weighted by Gasteiger charge is 2.18. The number of fused-ring (bicyclic) bond motifs is 2. The zero-order chi connectivity index (χ0) is 22.9. The zero-order valence-electron chi connectivity index (χ0n) is 18.1. The standard InChI is InChI=1S/C24H21N3O4S2/c1-14-3-5-18(15(2)11-14)27-23(29)22-17(7-10-32-22)26-24(27)33-13-21(28)25-16-4-6-19-20(12-16)31-9-8-30-19/h3-7,10-12H,8-9,13H2,1-2H3,(H,25,28).